The third-order valence-electron chi connectivity index (χ3n) is 4.51. The highest BCUT2D eigenvalue weighted by Crippen LogP contribution is 2.37. The van der Waals surface area contributed by atoms with E-state index in [-0.39, 0.29) is 17.5 Å². The Kier molecular flexibility index (Phi) is 3.37. The van der Waals surface area contributed by atoms with Gasteiger partial charge >= 0.3 is 0 Å². The molecule has 1 aliphatic carbocycles. The first kappa shape index (κ1) is 14.6. The van der Waals surface area contributed by atoms with Crippen molar-refractivity contribution in [1.82, 2.24) is 4.98 Å². The lowest BCUT2D eigenvalue weighted by atomic mass is 10.1. The lowest BCUT2D eigenvalue weighted by Crippen LogP contribution is -2.08. The molecule has 0 saturated carbocycles. The number of rotatable bonds is 3. The Labute approximate surface area is 137 Å². The van der Waals surface area contributed by atoms with Crippen LogP contribution in [0.25, 0.3) is 10.8 Å². The normalized spacial score (nSPS) is 16.1. The predicted octanol–water partition coefficient (Wildman–Crippen LogP) is 4.38. The molecule has 1 aliphatic rings. The van der Waals surface area contributed by atoms with Crippen molar-refractivity contribution in [3.05, 3.63) is 75.9 Å². The van der Waals surface area contributed by atoms with Crippen molar-refractivity contribution in [2.24, 2.45) is 0 Å². The molecule has 1 aromatic heterocycles. The number of anilines is 1. The zero-order chi connectivity index (χ0) is 16.7. The van der Waals surface area contributed by atoms with Gasteiger partial charge in [0.15, 0.2) is 0 Å². The molecule has 0 bridgehead atoms. The Balaban J connectivity index is 1.76. The van der Waals surface area contributed by atoms with Crippen molar-refractivity contribution in [1.29, 1.82) is 0 Å². The number of hydrogen-bond acceptors (Lipinski definition) is 4. The molecule has 0 spiro atoms. The van der Waals surface area contributed by atoms with E-state index in [1.807, 2.05) is 6.07 Å². The van der Waals surface area contributed by atoms with Crippen molar-refractivity contribution in [2.75, 3.05) is 5.32 Å². The minimum atomic E-state index is -0.409. The standard InChI is InChI=1S/C18H14FN3O2/c19-12-3-1-11-2-4-17(14(11)9-12)21-16-5-6-18(22(23)24)15-10-20-8-7-13(15)16/h1,3,5-10,17,21H,2,4H2. The van der Waals surface area contributed by atoms with Crippen LogP contribution in [0.4, 0.5) is 15.8 Å². The zero-order valence-corrected chi connectivity index (χ0v) is 12.7. The van der Waals surface area contributed by atoms with Crippen LogP contribution in [-0.2, 0) is 6.42 Å². The molecule has 0 radical (unpaired) electrons. The summed E-state index contributed by atoms with van der Waals surface area (Å²) in [4.78, 5) is 14.8. The first-order chi connectivity index (χ1) is 11.6. The highest BCUT2D eigenvalue weighted by Gasteiger charge is 2.24. The maximum atomic E-state index is 13.6. The van der Waals surface area contributed by atoms with Crippen LogP contribution >= 0.6 is 0 Å². The van der Waals surface area contributed by atoms with Gasteiger partial charge in [0.25, 0.3) is 5.69 Å². The highest BCUT2D eigenvalue weighted by molar-refractivity contribution is 5.99. The summed E-state index contributed by atoms with van der Waals surface area (Å²) in [5, 5.41) is 15.8. The molecule has 1 unspecified atom stereocenters. The number of nitrogens with zero attached hydrogens (tertiary/aromatic N) is 2. The number of nitrogens with one attached hydrogen (secondary N) is 1. The second kappa shape index (κ2) is 5.56. The van der Waals surface area contributed by atoms with Gasteiger partial charge in [-0.1, -0.05) is 6.07 Å². The number of non-ortho nitro benzene ring substituents is 1. The summed E-state index contributed by atoms with van der Waals surface area (Å²) in [5.74, 6) is -0.250. The third-order valence-corrected chi connectivity index (χ3v) is 4.51. The molecule has 0 amide bonds. The Morgan fingerprint density at radius 2 is 2.08 bits per heavy atom. The number of fused-ring (bicyclic) bond motifs is 2. The fourth-order valence-corrected chi connectivity index (χ4v) is 3.37. The number of aromatic nitrogens is 1. The van der Waals surface area contributed by atoms with E-state index in [1.54, 1.807) is 24.4 Å². The molecule has 2 aromatic carbocycles. The lowest BCUT2D eigenvalue weighted by Gasteiger charge is -2.17. The van der Waals surface area contributed by atoms with Crippen molar-refractivity contribution in [3.63, 3.8) is 0 Å². The third kappa shape index (κ3) is 2.36. The predicted molar refractivity (Wildman–Crippen MR) is 89.5 cm³/mol. The van der Waals surface area contributed by atoms with Crippen molar-refractivity contribution < 1.29 is 9.31 Å². The minimum absolute atomic E-state index is 0.00600. The van der Waals surface area contributed by atoms with Gasteiger partial charge in [0.05, 0.1) is 16.4 Å². The average molecular weight is 323 g/mol. The van der Waals surface area contributed by atoms with Crippen LogP contribution in [-0.4, -0.2) is 9.91 Å². The van der Waals surface area contributed by atoms with Crippen LogP contribution < -0.4 is 5.32 Å². The van der Waals surface area contributed by atoms with Gasteiger partial charge in [-0.3, -0.25) is 15.1 Å². The van der Waals surface area contributed by atoms with Crippen LogP contribution in [0.3, 0.4) is 0 Å². The Morgan fingerprint density at radius 1 is 1.21 bits per heavy atom. The molecular weight excluding hydrogens is 309 g/mol. The van der Waals surface area contributed by atoms with Crippen LogP contribution in [0.2, 0.25) is 0 Å². The number of benzene rings is 2. The SMILES string of the molecule is O=[N+]([O-])c1ccc(NC2CCc3ccc(F)cc32)c2ccncc12. The zero-order valence-electron chi connectivity index (χ0n) is 12.7. The molecule has 3 aromatic rings. The number of nitro groups is 1. The molecule has 0 saturated heterocycles. The van der Waals surface area contributed by atoms with Crippen LogP contribution in [0, 0.1) is 15.9 Å². The van der Waals surface area contributed by atoms with E-state index in [1.165, 1.54) is 18.3 Å². The van der Waals surface area contributed by atoms with Gasteiger partial charge in [-0.05, 0) is 48.2 Å². The fourth-order valence-electron chi connectivity index (χ4n) is 3.37. The number of aryl methyl sites for hydroxylation is 1. The van der Waals surface area contributed by atoms with Crippen LogP contribution in [0.15, 0.2) is 48.8 Å². The topological polar surface area (TPSA) is 68.1 Å². The Hall–Kier alpha value is -3.02. The quantitative estimate of drug-likeness (QED) is 0.573. The molecule has 6 heteroatoms. The number of nitro benzene ring substituents is 1. The number of pyridine rings is 1. The smallest absolute Gasteiger partial charge is 0.278 e. The van der Waals surface area contributed by atoms with Crippen molar-refractivity contribution in [3.8, 4) is 0 Å². The number of halogens is 1. The minimum Gasteiger partial charge on any atom is -0.378 e. The van der Waals surface area contributed by atoms with Gasteiger partial charge in [-0.2, -0.15) is 0 Å². The second-order valence-corrected chi connectivity index (χ2v) is 5.89. The highest BCUT2D eigenvalue weighted by atomic mass is 19.1. The molecule has 5 nitrogen and oxygen atoms in total. The largest absolute Gasteiger partial charge is 0.378 e. The van der Waals surface area contributed by atoms with Crippen molar-refractivity contribution in [2.45, 2.75) is 18.9 Å². The fraction of sp³-hybridized carbons (Fsp3) is 0.167. The van der Waals surface area contributed by atoms with E-state index >= 15 is 0 Å². The maximum absolute atomic E-state index is 13.6. The first-order valence-corrected chi connectivity index (χ1v) is 7.69. The first-order valence-electron chi connectivity index (χ1n) is 7.69. The van der Waals surface area contributed by atoms with Gasteiger partial charge in [0.2, 0.25) is 0 Å². The second-order valence-electron chi connectivity index (χ2n) is 5.89. The molecule has 4 rings (SSSR count). The van der Waals surface area contributed by atoms with E-state index in [4.69, 9.17) is 0 Å². The van der Waals surface area contributed by atoms with Gasteiger partial charge in [0, 0.05) is 29.5 Å². The van der Waals surface area contributed by atoms with E-state index in [9.17, 15) is 14.5 Å². The van der Waals surface area contributed by atoms with Crippen LogP contribution in [0.5, 0.6) is 0 Å². The lowest BCUT2D eigenvalue weighted by molar-refractivity contribution is -0.383. The molecule has 24 heavy (non-hydrogen) atoms. The molecule has 1 atom stereocenters. The van der Waals surface area contributed by atoms with Gasteiger partial charge < -0.3 is 5.32 Å². The summed E-state index contributed by atoms with van der Waals surface area (Å²) < 4.78 is 13.6. The Bertz CT molecular complexity index is 958. The van der Waals surface area contributed by atoms with E-state index < -0.39 is 4.92 Å². The summed E-state index contributed by atoms with van der Waals surface area (Å²) >= 11 is 0. The van der Waals surface area contributed by atoms with E-state index in [0.717, 1.165) is 35.0 Å². The monoisotopic (exact) mass is 323 g/mol. The number of hydrogen-bond donors (Lipinski definition) is 1. The molecule has 1 N–H and O–H groups in total. The average Bonchev–Trinajstić information content (AvgIpc) is 2.97. The Morgan fingerprint density at radius 3 is 2.92 bits per heavy atom. The summed E-state index contributed by atoms with van der Waals surface area (Å²) in [6.07, 6.45) is 4.86. The maximum Gasteiger partial charge on any atom is 0.278 e. The van der Waals surface area contributed by atoms with E-state index in [2.05, 4.69) is 10.3 Å². The molecule has 0 fully saturated rings. The molecule has 120 valence electrons. The summed E-state index contributed by atoms with van der Waals surface area (Å²) in [6.45, 7) is 0. The molecule has 1 heterocycles. The van der Waals surface area contributed by atoms with Crippen molar-refractivity contribution >= 4 is 22.1 Å². The van der Waals surface area contributed by atoms with Gasteiger partial charge in [-0.25, -0.2) is 4.39 Å². The van der Waals surface area contributed by atoms with Gasteiger partial charge in [-0.15, -0.1) is 0 Å². The summed E-state index contributed by atoms with van der Waals surface area (Å²) in [5.41, 5.74) is 2.92. The van der Waals surface area contributed by atoms with Crippen LogP contribution in [0.1, 0.15) is 23.6 Å². The van der Waals surface area contributed by atoms with E-state index in [0.29, 0.717) is 5.39 Å². The molecular formula is C18H14FN3O2. The summed E-state index contributed by atoms with van der Waals surface area (Å²) in [7, 11) is 0. The molecule has 0 aliphatic heterocycles. The summed E-state index contributed by atoms with van der Waals surface area (Å²) in [6, 6.07) is 9.80. The van der Waals surface area contributed by atoms with Gasteiger partial charge in [0.1, 0.15) is 5.82 Å².